The molecule has 2 aromatic rings. The van der Waals surface area contributed by atoms with Crippen molar-refractivity contribution in [3.8, 4) is 0 Å². The molecule has 20 heavy (non-hydrogen) atoms. The number of nitrogens with zero attached hydrogens (tertiary/aromatic N) is 1. The van der Waals surface area contributed by atoms with Crippen molar-refractivity contribution in [1.29, 1.82) is 0 Å². The first-order chi connectivity index (χ1) is 9.58. The number of urea groups is 1. The van der Waals surface area contributed by atoms with Gasteiger partial charge in [-0.05, 0) is 30.7 Å². The fourth-order valence-electron chi connectivity index (χ4n) is 1.99. The molecule has 5 nitrogen and oxygen atoms in total. The van der Waals surface area contributed by atoms with E-state index in [0.29, 0.717) is 0 Å². The highest BCUT2D eigenvalue weighted by atomic mass is 16.3. The molecule has 0 aliphatic rings. The Balaban J connectivity index is 1.87. The number of aromatic nitrogens is 1. The molecule has 0 spiro atoms. The first-order valence-electron chi connectivity index (χ1n) is 6.47. The maximum absolute atomic E-state index is 11.8. The molecule has 1 atom stereocenters. The number of hydrogen-bond acceptors (Lipinski definition) is 2. The zero-order chi connectivity index (χ0) is 14.5. The average Bonchev–Trinajstić information content (AvgIpc) is 2.85. The number of carbonyl (C=O) groups is 1. The minimum absolute atomic E-state index is 0.162. The number of carbonyl (C=O) groups excluding carboxylic acids is 1. The highest BCUT2D eigenvalue weighted by molar-refractivity contribution is 5.90. The topological polar surface area (TPSA) is 66.3 Å². The standard InChI is InChI=1S/C15H19N3O2/c1-11-6-3-4-7-12(11)17-15(20)16-10-14(19)13-8-5-9-18(13)2/h3-9,14,19H,10H2,1-2H3,(H2,16,17,20)/t14-/m0/s1. The van der Waals surface area contributed by atoms with Gasteiger partial charge in [0.05, 0.1) is 6.54 Å². The first-order valence-corrected chi connectivity index (χ1v) is 6.47. The van der Waals surface area contributed by atoms with Gasteiger partial charge in [-0.25, -0.2) is 4.79 Å². The number of rotatable bonds is 4. The summed E-state index contributed by atoms with van der Waals surface area (Å²) in [5.74, 6) is 0. The molecular weight excluding hydrogens is 254 g/mol. The van der Waals surface area contributed by atoms with Gasteiger partial charge in [0, 0.05) is 24.6 Å². The number of nitrogens with one attached hydrogen (secondary N) is 2. The van der Waals surface area contributed by atoms with E-state index in [1.807, 2.05) is 61.1 Å². The van der Waals surface area contributed by atoms with E-state index < -0.39 is 6.10 Å². The van der Waals surface area contributed by atoms with Crippen molar-refractivity contribution in [3.05, 3.63) is 53.9 Å². The molecule has 0 saturated carbocycles. The Morgan fingerprint density at radius 2 is 2.05 bits per heavy atom. The van der Waals surface area contributed by atoms with Gasteiger partial charge in [0.15, 0.2) is 0 Å². The summed E-state index contributed by atoms with van der Waals surface area (Å²) in [4.78, 5) is 11.8. The molecule has 0 aliphatic heterocycles. The third-order valence-corrected chi connectivity index (χ3v) is 3.17. The summed E-state index contributed by atoms with van der Waals surface area (Å²) in [6.07, 6.45) is 1.13. The van der Waals surface area contributed by atoms with E-state index in [-0.39, 0.29) is 12.6 Å². The molecule has 1 heterocycles. The monoisotopic (exact) mass is 273 g/mol. The van der Waals surface area contributed by atoms with Crippen LogP contribution in [0.1, 0.15) is 17.4 Å². The van der Waals surface area contributed by atoms with E-state index >= 15 is 0 Å². The van der Waals surface area contributed by atoms with Gasteiger partial charge >= 0.3 is 6.03 Å². The zero-order valence-corrected chi connectivity index (χ0v) is 11.6. The van der Waals surface area contributed by atoms with Crippen LogP contribution in [0.5, 0.6) is 0 Å². The smallest absolute Gasteiger partial charge is 0.319 e. The predicted molar refractivity (Wildman–Crippen MR) is 78.6 cm³/mol. The molecule has 1 aromatic heterocycles. The number of hydrogen-bond donors (Lipinski definition) is 3. The number of aliphatic hydroxyl groups is 1. The molecule has 0 saturated heterocycles. The fraction of sp³-hybridized carbons (Fsp3) is 0.267. The van der Waals surface area contributed by atoms with Gasteiger partial charge in [0.1, 0.15) is 6.10 Å². The molecule has 0 aliphatic carbocycles. The van der Waals surface area contributed by atoms with E-state index in [9.17, 15) is 9.90 Å². The first kappa shape index (κ1) is 14.1. The summed E-state index contributed by atoms with van der Waals surface area (Å²) in [6, 6.07) is 10.9. The summed E-state index contributed by atoms with van der Waals surface area (Å²) in [5.41, 5.74) is 2.52. The highest BCUT2D eigenvalue weighted by Crippen LogP contribution is 2.13. The number of anilines is 1. The number of amides is 2. The van der Waals surface area contributed by atoms with Crippen molar-refractivity contribution in [1.82, 2.24) is 9.88 Å². The Morgan fingerprint density at radius 1 is 1.30 bits per heavy atom. The van der Waals surface area contributed by atoms with E-state index in [2.05, 4.69) is 10.6 Å². The lowest BCUT2D eigenvalue weighted by atomic mass is 10.2. The Bertz CT molecular complexity index is 592. The van der Waals surface area contributed by atoms with E-state index in [0.717, 1.165) is 16.9 Å². The van der Waals surface area contributed by atoms with E-state index in [4.69, 9.17) is 0 Å². The molecule has 1 aromatic carbocycles. The van der Waals surface area contributed by atoms with Gasteiger partial charge in [0.2, 0.25) is 0 Å². The molecule has 0 radical (unpaired) electrons. The van der Waals surface area contributed by atoms with Gasteiger partial charge < -0.3 is 20.3 Å². The zero-order valence-electron chi connectivity index (χ0n) is 11.6. The summed E-state index contributed by atoms with van der Waals surface area (Å²) >= 11 is 0. The Morgan fingerprint density at radius 3 is 2.70 bits per heavy atom. The Kier molecular flexibility index (Phi) is 4.42. The van der Waals surface area contributed by atoms with Crippen molar-refractivity contribution in [2.24, 2.45) is 7.05 Å². The molecule has 106 valence electrons. The second kappa shape index (κ2) is 6.25. The maximum Gasteiger partial charge on any atom is 0.319 e. The lowest BCUT2D eigenvalue weighted by Crippen LogP contribution is -2.33. The molecule has 5 heteroatoms. The summed E-state index contributed by atoms with van der Waals surface area (Å²) in [6.45, 7) is 2.09. The van der Waals surface area contributed by atoms with Crippen LogP contribution in [-0.2, 0) is 7.05 Å². The number of aryl methyl sites for hydroxylation is 2. The highest BCUT2D eigenvalue weighted by Gasteiger charge is 2.12. The summed E-state index contributed by atoms with van der Waals surface area (Å²) in [7, 11) is 1.85. The fourth-order valence-corrected chi connectivity index (χ4v) is 1.99. The molecule has 3 N–H and O–H groups in total. The van der Waals surface area contributed by atoms with Crippen molar-refractivity contribution in [2.75, 3.05) is 11.9 Å². The van der Waals surface area contributed by atoms with Gasteiger partial charge in [-0.2, -0.15) is 0 Å². The third kappa shape index (κ3) is 3.39. The molecule has 0 fully saturated rings. The lowest BCUT2D eigenvalue weighted by molar-refractivity contribution is 0.167. The molecule has 2 rings (SSSR count). The van der Waals surface area contributed by atoms with Crippen molar-refractivity contribution < 1.29 is 9.90 Å². The predicted octanol–water partition coefficient (Wildman–Crippen LogP) is 2.19. The van der Waals surface area contributed by atoms with Gasteiger partial charge in [-0.1, -0.05) is 18.2 Å². The van der Waals surface area contributed by atoms with Crippen molar-refractivity contribution in [3.63, 3.8) is 0 Å². The van der Waals surface area contributed by atoms with Crippen LogP contribution in [0, 0.1) is 6.92 Å². The number of benzene rings is 1. The lowest BCUT2D eigenvalue weighted by Gasteiger charge is -2.14. The van der Waals surface area contributed by atoms with Crippen LogP contribution < -0.4 is 10.6 Å². The summed E-state index contributed by atoms with van der Waals surface area (Å²) < 4.78 is 1.82. The van der Waals surface area contributed by atoms with Crippen LogP contribution in [0.25, 0.3) is 0 Å². The van der Waals surface area contributed by atoms with Gasteiger partial charge in [0.25, 0.3) is 0 Å². The van der Waals surface area contributed by atoms with Gasteiger partial charge in [-0.15, -0.1) is 0 Å². The number of aliphatic hydroxyl groups excluding tert-OH is 1. The molecule has 0 unspecified atom stereocenters. The third-order valence-electron chi connectivity index (χ3n) is 3.17. The van der Waals surface area contributed by atoms with Crippen LogP contribution >= 0.6 is 0 Å². The Hall–Kier alpha value is -2.27. The van der Waals surface area contributed by atoms with E-state index in [1.165, 1.54) is 0 Å². The van der Waals surface area contributed by atoms with Crippen LogP contribution in [0.3, 0.4) is 0 Å². The quantitative estimate of drug-likeness (QED) is 0.799. The average molecular weight is 273 g/mol. The second-order valence-corrected chi connectivity index (χ2v) is 4.71. The van der Waals surface area contributed by atoms with Crippen molar-refractivity contribution in [2.45, 2.75) is 13.0 Å². The van der Waals surface area contributed by atoms with Crippen molar-refractivity contribution >= 4 is 11.7 Å². The molecular formula is C15H19N3O2. The van der Waals surface area contributed by atoms with Crippen LogP contribution in [0.15, 0.2) is 42.6 Å². The molecule has 0 bridgehead atoms. The minimum atomic E-state index is -0.724. The normalized spacial score (nSPS) is 11.9. The maximum atomic E-state index is 11.8. The molecule has 2 amide bonds. The Labute approximate surface area is 118 Å². The van der Waals surface area contributed by atoms with E-state index in [1.54, 1.807) is 0 Å². The SMILES string of the molecule is Cc1ccccc1NC(=O)NC[C@H](O)c1cccn1C. The second-order valence-electron chi connectivity index (χ2n) is 4.71. The number of para-hydroxylation sites is 1. The van der Waals surface area contributed by atoms with Gasteiger partial charge in [-0.3, -0.25) is 0 Å². The van der Waals surface area contributed by atoms with Crippen LogP contribution in [0.4, 0.5) is 10.5 Å². The van der Waals surface area contributed by atoms with Crippen LogP contribution in [-0.4, -0.2) is 22.2 Å². The largest absolute Gasteiger partial charge is 0.385 e. The summed E-state index contributed by atoms with van der Waals surface area (Å²) in [5, 5.41) is 15.4. The van der Waals surface area contributed by atoms with Crippen LogP contribution in [0.2, 0.25) is 0 Å². The minimum Gasteiger partial charge on any atom is -0.385 e.